The van der Waals surface area contributed by atoms with Crippen LogP contribution in [0.5, 0.6) is 0 Å². The molecule has 0 aliphatic carbocycles. The number of benzene rings is 1. The van der Waals surface area contributed by atoms with E-state index in [1.807, 2.05) is 32.0 Å². The second-order valence-electron chi connectivity index (χ2n) is 6.44. The summed E-state index contributed by atoms with van der Waals surface area (Å²) in [7, 11) is 1.38. The Kier molecular flexibility index (Phi) is 4.83. The first-order valence-electron chi connectivity index (χ1n) is 8.37. The minimum atomic E-state index is -0.277. The Labute approximate surface area is 146 Å². The molecule has 0 N–H and O–H groups in total. The molecule has 2 atom stereocenters. The molecule has 1 amide bonds. The third-order valence-electron chi connectivity index (χ3n) is 4.69. The van der Waals surface area contributed by atoms with Gasteiger partial charge in [0.25, 0.3) is 5.91 Å². The standard InChI is InChI=1S/C18H22N4O3/c1-12-4-7-16(22-19-8-9-20-22)15(10-12)17(23)21-11-14(18(24)25-3)6-5-13(21)2/h4,7-10,13-14H,5-6,11H2,1-3H3/t13-,14-/m1/s1. The quantitative estimate of drug-likeness (QED) is 0.797. The SMILES string of the molecule is COC(=O)[C@@H]1CC[C@@H](C)N(C(=O)c2cc(C)ccc2-n2nccn2)C1. The minimum absolute atomic E-state index is 0.0624. The molecule has 7 nitrogen and oxygen atoms in total. The predicted molar refractivity (Wildman–Crippen MR) is 91.3 cm³/mol. The molecule has 7 heteroatoms. The van der Waals surface area contributed by atoms with Crippen LogP contribution in [0.3, 0.4) is 0 Å². The number of rotatable bonds is 3. The normalized spacial score (nSPS) is 20.4. The van der Waals surface area contributed by atoms with E-state index in [2.05, 4.69) is 10.2 Å². The molecule has 2 aromatic rings. The average molecular weight is 342 g/mol. The third kappa shape index (κ3) is 3.40. The summed E-state index contributed by atoms with van der Waals surface area (Å²) in [6, 6.07) is 5.67. The first kappa shape index (κ1) is 17.1. The number of aromatic nitrogens is 3. The molecule has 1 fully saturated rings. The topological polar surface area (TPSA) is 77.3 Å². The summed E-state index contributed by atoms with van der Waals surface area (Å²) in [5.41, 5.74) is 2.15. The highest BCUT2D eigenvalue weighted by Crippen LogP contribution is 2.26. The van der Waals surface area contributed by atoms with Gasteiger partial charge in [0, 0.05) is 12.6 Å². The van der Waals surface area contributed by atoms with Crippen LogP contribution in [0.4, 0.5) is 0 Å². The molecular weight excluding hydrogens is 320 g/mol. The molecule has 1 aromatic heterocycles. The van der Waals surface area contributed by atoms with Gasteiger partial charge in [-0.1, -0.05) is 11.6 Å². The Balaban J connectivity index is 1.94. The maximum atomic E-state index is 13.2. The van der Waals surface area contributed by atoms with Gasteiger partial charge in [0.2, 0.25) is 0 Å². The number of aryl methyl sites for hydroxylation is 1. The van der Waals surface area contributed by atoms with E-state index in [4.69, 9.17) is 4.74 Å². The molecule has 0 bridgehead atoms. The maximum Gasteiger partial charge on any atom is 0.310 e. The lowest BCUT2D eigenvalue weighted by atomic mass is 9.92. The Morgan fingerprint density at radius 3 is 2.60 bits per heavy atom. The molecule has 0 unspecified atom stereocenters. The fourth-order valence-electron chi connectivity index (χ4n) is 3.24. The summed E-state index contributed by atoms with van der Waals surface area (Å²) in [6.45, 7) is 4.31. The monoisotopic (exact) mass is 342 g/mol. The van der Waals surface area contributed by atoms with Crippen LogP contribution in [-0.2, 0) is 9.53 Å². The van der Waals surface area contributed by atoms with E-state index < -0.39 is 0 Å². The second kappa shape index (κ2) is 7.04. The Morgan fingerprint density at radius 2 is 1.92 bits per heavy atom. The number of likely N-dealkylation sites (tertiary alicyclic amines) is 1. The molecule has 0 spiro atoms. The van der Waals surface area contributed by atoms with Crippen LogP contribution in [0, 0.1) is 12.8 Å². The van der Waals surface area contributed by atoms with Crippen LogP contribution >= 0.6 is 0 Å². The first-order chi connectivity index (χ1) is 12.0. The van der Waals surface area contributed by atoms with E-state index in [-0.39, 0.29) is 23.8 Å². The number of amides is 1. The molecule has 1 aliphatic rings. The highest BCUT2D eigenvalue weighted by molar-refractivity contribution is 5.98. The van der Waals surface area contributed by atoms with Gasteiger partial charge in [0.15, 0.2) is 0 Å². The average Bonchev–Trinajstić information content (AvgIpc) is 3.15. The van der Waals surface area contributed by atoms with Gasteiger partial charge in [0.1, 0.15) is 0 Å². The third-order valence-corrected chi connectivity index (χ3v) is 4.69. The molecule has 3 rings (SSSR count). The number of piperidine rings is 1. The molecule has 1 aliphatic heterocycles. The van der Waals surface area contributed by atoms with Gasteiger partial charge < -0.3 is 9.64 Å². The van der Waals surface area contributed by atoms with Crippen LogP contribution in [0.15, 0.2) is 30.6 Å². The molecule has 132 valence electrons. The van der Waals surface area contributed by atoms with Gasteiger partial charge >= 0.3 is 5.97 Å². The molecule has 25 heavy (non-hydrogen) atoms. The number of carbonyl (C=O) groups is 2. The number of esters is 1. The summed E-state index contributed by atoms with van der Waals surface area (Å²) in [4.78, 5) is 28.3. The van der Waals surface area contributed by atoms with Crippen molar-refractivity contribution in [3.05, 3.63) is 41.7 Å². The van der Waals surface area contributed by atoms with Crippen molar-refractivity contribution in [2.24, 2.45) is 5.92 Å². The molecule has 1 aromatic carbocycles. The lowest BCUT2D eigenvalue weighted by Crippen LogP contribution is -2.47. The van der Waals surface area contributed by atoms with Crippen molar-refractivity contribution in [3.8, 4) is 5.69 Å². The smallest absolute Gasteiger partial charge is 0.310 e. The van der Waals surface area contributed by atoms with Gasteiger partial charge in [0.05, 0.1) is 36.7 Å². The van der Waals surface area contributed by atoms with Crippen molar-refractivity contribution < 1.29 is 14.3 Å². The van der Waals surface area contributed by atoms with Crippen molar-refractivity contribution >= 4 is 11.9 Å². The van der Waals surface area contributed by atoms with Crippen LogP contribution in [-0.4, -0.2) is 51.5 Å². The van der Waals surface area contributed by atoms with Gasteiger partial charge in [-0.3, -0.25) is 9.59 Å². The second-order valence-corrected chi connectivity index (χ2v) is 6.44. The van der Waals surface area contributed by atoms with Crippen molar-refractivity contribution in [2.45, 2.75) is 32.7 Å². The first-order valence-corrected chi connectivity index (χ1v) is 8.37. The van der Waals surface area contributed by atoms with E-state index in [9.17, 15) is 9.59 Å². The van der Waals surface area contributed by atoms with Gasteiger partial charge in [-0.05, 0) is 38.8 Å². The van der Waals surface area contributed by atoms with Crippen LogP contribution in [0.25, 0.3) is 5.69 Å². The van der Waals surface area contributed by atoms with Crippen LogP contribution in [0.2, 0.25) is 0 Å². The van der Waals surface area contributed by atoms with Crippen LogP contribution < -0.4 is 0 Å². The molecular formula is C18H22N4O3. The predicted octanol–water partition coefficient (Wildman–Crippen LogP) is 1.99. The van der Waals surface area contributed by atoms with Gasteiger partial charge in [-0.2, -0.15) is 15.0 Å². The minimum Gasteiger partial charge on any atom is -0.469 e. The lowest BCUT2D eigenvalue weighted by Gasteiger charge is -2.37. The summed E-state index contributed by atoms with van der Waals surface area (Å²) in [5, 5.41) is 8.28. The van der Waals surface area contributed by atoms with E-state index in [0.717, 1.165) is 18.4 Å². The Hall–Kier alpha value is -2.70. The number of hydrogen-bond acceptors (Lipinski definition) is 5. The zero-order chi connectivity index (χ0) is 18.0. The summed E-state index contributed by atoms with van der Waals surface area (Å²) >= 11 is 0. The van der Waals surface area contributed by atoms with E-state index in [0.29, 0.717) is 17.8 Å². The summed E-state index contributed by atoms with van der Waals surface area (Å²) < 4.78 is 4.86. The van der Waals surface area contributed by atoms with Crippen molar-refractivity contribution in [2.75, 3.05) is 13.7 Å². The highest BCUT2D eigenvalue weighted by Gasteiger charge is 2.34. The van der Waals surface area contributed by atoms with Gasteiger partial charge in [-0.25, -0.2) is 0 Å². The summed E-state index contributed by atoms with van der Waals surface area (Å²) in [6.07, 6.45) is 4.65. The number of nitrogens with zero attached hydrogens (tertiary/aromatic N) is 4. The van der Waals surface area contributed by atoms with E-state index in [1.54, 1.807) is 17.3 Å². The highest BCUT2D eigenvalue weighted by atomic mass is 16.5. The fourth-order valence-corrected chi connectivity index (χ4v) is 3.24. The van der Waals surface area contributed by atoms with Gasteiger partial charge in [-0.15, -0.1) is 0 Å². The molecule has 1 saturated heterocycles. The Morgan fingerprint density at radius 1 is 1.20 bits per heavy atom. The molecule has 2 heterocycles. The van der Waals surface area contributed by atoms with Crippen molar-refractivity contribution in [1.82, 2.24) is 19.9 Å². The van der Waals surface area contributed by atoms with Crippen LogP contribution in [0.1, 0.15) is 35.7 Å². The number of hydrogen-bond donors (Lipinski definition) is 0. The van der Waals surface area contributed by atoms with E-state index >= 15 is 0 Å². The number of methoxy groups -OCH3 is 1. The Bertz CT molecular complexity index is 773. The molecule has 0 radical (unpaired) electrons. The maximum absolute atomic E-state index is 13.2. The zero-order valence-corrected chi connectivity index (χ0v) is 14.7. The van der Waals surface area contributed by atoms with Crippen molar-refractivity contribution in [1.29, 1.82) is 0 Å². The fraction of sp³-hybridized carbons (Fsp3) is 0.444. The van der Waals surface area contributed by atoms with Crippen molar-refractivity contribution in [3.63, 3.8) is 0 Å². The number of carbonyl (C=O) groups excluding carboxylic acids is 2. The zero-order valence-electron chi connectivity index (χ0n) is 14.7. The summed E-state index contributed by atoms with van der Waals surface area (Å²) in [5.74, 6) is -0.652. The largest absolute Gasteiger partial charge is 0.469 e. The van der Waals surface area contributed by atoms with E-state index in [1.165, 1.54) is 11.9 Å². The lowest BCUT2D eigenvalue weighted by molar-refractivity contribution is -0.147. The molecule has 0 saturated carbocycles. The number of ether oxygens (including phenoxy) is 1.